The number of carbonyl (C=O) groups is 5. The summed E-state index contributed by atoms with van der Waals surface area (Å²) in [5, 5.41) is 10.4. The summed E-state index contributed by atoms with van der Waals surface area (Å²) in [5.74, 6) is -1.78. The fourth-order valence-electron chi connectivity index (χ4n) is 5.37. The number of benzene rings is 1. The molecule has 4 aliphatic heterocycles. The second kappa shape index (κ2) is 8.00. The maximum Gasteiger partial charge on any atom is 0.311 e. The minimum atomic E-state index is -0.687. The molecule has 1 aromatic carbocycles. The van der Waals surface area contributed by atoms with Crippen molar-refractivity contribution in [3.05, 3.63) is 41.2 Å². The number of ether oxygens (including phenoxy) is 1. The van der Waals surface area contributed by atoms with E-state index < -0.39 is 11.9 Å². The van der Waals surface area contributed by atoms with Gasteiger partial charge < -0.3 is 14.5 Å². The van der Waals surface area contributed by atoms with E-state index in [0.717, 1.165) is 12.0 Å². The van der Waals surface area contributed by atoms with Crippen LogP contribution in [0.15, 0.2) is 24.4 Å². The second-order valence-electron chi connectivity index (χ2n) is 9.32. The molecule has 1 aromatic heterocycles. The molecule has 4 amide bonds. The van der Waals surface area contributed by atoms with Crippen LogP contribution in [0.5, 0.6) is 0 Å². The van der Waals surface area contributed by atoms with Crippen molar-refractivity contribution in [2.45, 2.75) is 31.8 Å². The number of likely N-dealkylation sites (tertiary alicyclic amines) is 1. The number of imide groups is 1. The third-order valence-electron chi connectivity index (χ3n) is 7.25. The maximum absolute atomic E-state index is 13.0. The van der Waals surface area contributed by atoms with Crippen molar-refractivity contribution in [2.75, 3.05) is 19.7 Å². The molecule has 12 heteroatoms. The summed E-state index contributed by atoms with van der Waals surface area (Å²) in [7, 11) is 0. The summed E-state index contributed by atoms with van der Waals surface area (Å²) in [6.07, 6.45) is 2.76. The summed E-state index contributed by atoms with van der Waals surface area (Å²) in [5.41, 5.74) is 2.00. The molecule has 35 heavy (non-hydrogen) atoms. The monoisotopic (exact) mass is 478 g/mol. The lowest BCUT2D eigenvalue weighted by Crippen LogP contribution is -2.52. The number of hydrogen-bond acceptors (Lipinski definition) is 8. The lowest BCUT2D eigenvalue weighted by molar-refractivity contribution is -0.154. The molecule has 5 heterocycles. The molecular weight excluding hydrogens is 456 g/mol. The highest BCUT2D eigenvalue weighted by atomic mass is 16.5. The van der Waals surface area contributed by atoms with Gasteiger partial charge in [-0.2, -0.15) is 0 Å². The first-order chi connectivity index (χ1) is 16.9. The van der Waals surface area contributed by atoms with Gasteiger partial charge in [-0.25, -0.2) is 4.68 Å². The van der Waals surface area contributed by atoms with Crippen LogP contribution in [0, 0.1) is 11.8 Å². The average Bonchev–Trinajstić information content (AvgIpc) is 3.57. The van der Waals surface area contributed by atoms with Gasteiger partial charge >= 0.3 is 5.97 Å². The Balaban J connectivity index is 1.18. The van der Waals surface area contributed by atoms with Crippen molar-refractivity contribution in [3.63, 3.8) is 0 Å². The Bertz CT molecular complexity index is 1290. The van der Waals surface area contributed by atoms with Gasteiger partial charge in [-0.1, -0.05) is 5.21 Å². The third-order valence-corrected chi connectivity index (χ3v) is 7.25. The summed E-state index contributed by atoms with van der Waals surface area (Å²) >= 11 is 0. The van der Waals surface area contributed by atoms with E-state index in [2.05, 4.69) is 15.6 Å². The fourth-order valence-corrected chi connectivity index (χ4v) is 5.37. The van der Waals surface area contributed by atoms with Gasteiger partial charge in [0.15, 0.2) is 5.69 Å². The molecule has 1 N–H and O–H groups in total. The minimum Gasteiger partial charge on any atom is -0.465 e. The quantitative estimate of drug-likeness (QED) is 0.466. The van der Waals surface area contributed by atoms with Crippen molar-refractivity contribution >= 4 is 29.6 Å². The number of nitrogens with zero attached hydrogens (tertiary/aromatic N) is 5. The van der Waals surface area contributed by atoms with E-state index in [9.17, 15) is 24.0 Å². The van der Waals surface area contributed by atoms with Gasteiger partial charge in [0.05, 0.1) is 24.4 Å². The van der Waals surface area contributed by atoms with Gasteiger partial charge in [0, 0.05) is 31.6 Å². The average molecular weight is 478 g/mol. The fraction of sp³-hybridized carbons (Fsp3) is 0.435. The number of cyclic esters (lactones) is 1. The lowest BCUT2D eigenvalue weighted by Gasteiger charge is -2.29. The standard InChI is InChI=1S/C23H22N6O6/c30-19-4-3-18(20(31)24-19)28-9-13-7-14(1-2-15(13)21(28)32)29-11-17(25-26-29)22(33)27-8-12-5-6-35-23(34)16(12)10-27/h1-2,7,11-12,16,18H,3-6,8-10H2,(H,24,30,31)/t12-,16+,18?/m0/s1. The topological polar surface area (TPSA) is 144 Å². The molecule has 3 fully saturated rings. The zero-order valence-electron chi connectivity index (χ0n) is 18.7. The molecular formula is C23H22N6O6. The molecule has 0 radical (unpaired) electrons. The number of carbonyl (C=O) groups excluding carboxylic acids is 5. The summed E-state index contributed by atoms with van der Waals surface area (Å²) in [6.45, 7) is 1.43. The van der Waals surface area contributed by atoms with Crippen LogP contribution in [0.25, 0.3) is 5.69 Å². The van der Waals surface area contributed by atoms with Crippen LogP contribution in [-0.4, -0.2) is 80.1 Å². The Morgan fingerprint density at radius 3 is 2.77 bits per heavy atom. The van der Waals surface area contributed by atoms with Crippen molar-refractivity contribution in [2.24, 2.45) is 11.8 Å². The molecule has 0 bridgehead atoms. The third kappa shape index (κ3) is 3.56. The van der Waals surface area contributed by atoms with Crippen molar-refractivity contribution in [1.29, 1.82) is 0 Å². The number of hydrogen-bond donors (Lipinski definition) is 1. The number of esters is 1. The molecule has 6 rings (SSSR count). The van der Waals surface area contributed by atoms with Gasteiger partial charge in [0.25, 0.3) is 11.8 Å². The summed E-state index contributed by atoms with van der Waals surface area (Å²) in [6, 6.07) is 4.46. The Labute approximate surface area is 199 Å². The number of rotatable bonds is 3. The zero-order valence-corrected chi connectivity index (χ0v) is 18.7. The van der Waals surface area contributed by atoms with E-state index in [0.29, 0.717) is 37.4 Å². The van der Waals surface area contributed by atoms with E-state index >= 15 is 0 Å². The number of fused-ring (bicyclic) bond motifs is 2. The predicted molar refractivity (Wildman–Crippen MR) is 116 cm³/mol. The molecule has 1 unspecified atom stereocenters. The molecule has 4 aliphatic rings. The van der Waals surface area contributed by atoms with Gasteiger partial charge in [-0.3, -0.25) is 29.3 Å². The molecule has 3 atom stereocenters. The number of nitrogens with one attached hydrogen (secondary N) is 1. The Morgan fingerprint density at radius 2 is 1.97 bits per heavy atom. The van der Waals surface area contributed by atoms with Crippen LogP contribution in [0.2, 0.25) is 0 Å². The first kappa shape index (κ1) is 21.4. The Morgan fingerprint density at radius 1 is 1.11 bits per heavy atom. The highest BCUT2D eigenvalue weighted by Crippen LogP contribution is 2.32. The minimum absolute atomic E-state index is 0.108. The van der Waals surface area contributed by atoms with Gasteiger partial charge in [0.2, 0.25) is 11.8 Å². The van der Waals surface area contributed by atoms with Crippen LogP contribution in [0.1, 0.15) is 45.7 Å². The second-order valence-corrected chi connectivity index (χ2v) is 9.32. The van der Waals surface area contributed by atoms with E-state index in [-0.39, 0.29) is 54.2 Å². The first-order valence-electron chi connectivity index (χ1n) is 11.6. The molecule has 2 aromatic rings. The highest BCUT2D eigenvalue weighted by Gasteiger charge is 2.43. The van der Waals surface area contributed by atoms with Crippen molar-refractivity contribution in [1.82, 2.24) is 30.1 Å². The van der Waals surface area contributed by atoms with Crippen LogP contribution in [0.3, 0.4) is 0 Å². The van der Waals surface area contributed by atoms with Crippen molar-refractivity contribution in [3.8, 4) is 5.69 Å². The van der Waals surface area contributed by atoms with Crippen LogP contribution < -0.4 is 5.32 Å². The van der Waals surface area contributed by atoms with Gasteiger partial charge in [-0.05, 0) is 42.5 Å². The molecule has 12 nitrogen and oxygen atoms in total. The van der Waals surface area contributed by atoms with Crippen LogP contribution in [0.4, 0.5) is 0 Å². The zero-order chi connectivity index (χ0) is 24.3. The molecule has 180 valence electrons. The number of aromatic nitrogens is 3. The van der Waals surface area contributed by atoms with Crippen LogP contribution >= 0.6 is 0 Å². The van der Waals surface area contributed by atoms with Gasteiger partial charge in [-0.15, -0.1) is 5.10 Å². The highest BCUT2D eigenvalue weighted by molar-refractivity contribution is 6.05. The molecule has 0 aliphatic carbocycles. The number of amides is 4. The van der Waals surface area contributed by atoms with E-state index in [1.54, 1.807) is 23.1 Å². The van der Waals surface area contributed by atoms with Crippen LogP contribution in [-0.2, 0) is 25.7 Å². The largest absolute Gasteiger partial charge is 0.465 e. The molecule has 3 saturated heterocycles. The Kier molecular flexibility index (Phi) is 4.90. The molecule has 0 saturated carbocycles. The normalized spacial score (nSPS) is 25.9. The summed E-state index contributed by atoms with van der Waals surface area (Å²) < 4.78 is 6.58. The number of piperidine rings is 1. The van der Waals surface area contributed by atoms with E-state index in [1.807, 2.05) is 0 Å². The smallest absolute Gasteiger partial charge is 0.311 e. The lowest BCUT2D eigenvalue weighted by atomic mass is 9.91. The maximum atomic E-state index is 13.0. The van der Waals surface area contributed by atoms with Gasteiger partial charge in [0.1, 0.15) is 6.04 Å². The van der Waals surface area contributed by atoms with E-state index in [4.69, 9.17) is 4.74 Å². The SMILES string of the molecule is O=C1CCC(N2Cc3cc(-n4cc(C(=O)N5C[C@@H]6CCOC(=O)[C@@H]6C5)nn4)ccc3C2=O)C(=O)N1. The van der Waals surface area contributed by atoms with Crippen molar-refractivity contribution < 1.29 is 28.7 Å². The molecule has 0 spiro atoms. The van der Waals surface area contributed by atoms with E-state index in [1.165, 1.54) is 15.8 Å². The Hall–Kier alpha value is -4.09. The first-order valence-corrected chi connectivity index (χ1v) is 11.6. The predicted octanol–water partition coefficient (Wildman–Crippen LogP) is -0.337. The summed E-state index contributed by atoms with van der Waals surface area (Å²) in [4.78, 5) is 64.6.